The van der Waals surface area contributed by atoms with Crippen LogP contribution in [0.25, 0.3) is 11.4 Å². The summed E-state index contributed by atoms with van der Waals surface area (Å²) in [5, 5.41) is 3.19. The van der Waals surface area contributed by atoms with Crippen LogP contribution in [0.2, 0.25) is 0 Å². The minimum Gasteiger partial charge on any atom is -0.453 e. The molecule has 2 aliphatic rings. The van der Waals surface area contributed by atoms with Gasteiger partial charge in [0.1, 0.15) is 5.82 Å². The van der Waals surface area contributed by atoms with Gasteiger partial charge in [0.05, 0.1) is 19.3 Å². The van der Waals surface area contributed by atoms with Gasteiger partial charge in [-0.15, -0.1) is 0 Å². The Balaban J connectivity index is 1.64. The fraction of sp³-hybridized carbons (Fsp3) is 0.522. The smallest absolute Gasteiger partial charge is 0.409 e. The molecule has 2 heterocycles. The maximum Gasteiger partial charge on any atom is 0.409 e. The molecule has 4 rings (SSSR count). The molecule has 1 aliphatic carbocycles. The number of nitrogens with zero attached hydrogens (tertiary/aromatic N) is 3. The number of ether oxygens (including phenoxy) is 1. The van der Waals surface area contributed by atoms with Crippen molar-refractivity contribution >= 4 is 12.0 Å². The van der Waals surface area contributed by atoms with E-state index in [1.807, 2.05) is 30.3 Å². The van der Waals surface area contributed by atoms with Crippen molar-refractivity contribution in [2.45, 2.75) is 58.2 Å². The molecule has 1 fully saturated rings. The van der Waals surface area contributed by atoms with Gasteiger partial charge < -0.3 is 19.5 Å². The maximum atomic E-state index is 13.2. The van der Waals surface area contributed by atoms with Gasteiger partial charge in [0.25, 0.3) is 5.91 Å². The number of carbonyl (C=O) groups is 2. The van der Waals surface area contributed by atoms with E-state index in [9.17, 15) is 9.59 Å². The fourth-order valence-electron chi connectivity index (χ4n) is 4.67. The van der Waals surface area contributed by atoms with Crippen LogP contribution in [0.5, 0.6) is 0 Å². The van der Waals surface area contributed by atoms with E-state index in [4.69, 9.17) is 9.72 Å². The number of aromatic nitrogens is 2. The van der Waals surface area contributed by atoms with E-state index < -0.39 is 0 Å². The molecular formula is C23H30N4O3. The monoisotopic (exact) mass is 410 g/mol. The summed E-state index contributed by atoms with van der Waals surface area (Å²) in [5.41, 5.74) is 2.13. The Labute approximate surface area is 177 Å². The van der Waals surface area contributed by atoms with Crippen LogP contribution in [0.1, 0.15) is 55.2 Å². The Kier molecular flexibility index (Phi) is 6.06. The molecule has 7 heteroatoms. The third kappa shape index (κ3) is 4.06. The standard InChI is InChI=1S/C23H30N4O3/c1-16(17-9-5-3-6-10-17)24-22(28)20-19-15-26(23(29)30-2)13-14-27(19)21(25-20)18-11-7-4-8-12-18/h4,7-8,11-12,16-17H,3,5-6,9-10,13-15H2,1-2H3,(H,24,28). The summed E-state index contributed by atoms with van der Waals surface area (Å²) in [5.74, 6) is 1.12. The van der Waals surface area contributed by atoms with Crippen LogP contribution in [0.3, 0.4) is 0 Å². The third-order valence-electron chi connectivity index (χ3n) is 6.40. The molecule has 1 aliphatic heterocycles. The van der Waals surface area contributed by atoms with Gasteiger partial charge in [-0.2, -0.15) is 0 Å². The molecule has 1 N–H and O–H groups in total. The van der Waals surface area contributed by atoms with Gasteiger partial charge in [0.15, 0.2) is 5.69 Å². The number of hydrogen-bond acceptors (Lipinski definition) is 4. The van der Waals surface area contributed by atoms with Gasteiger partial charge in [-0.1, -0.05) is 49.6 Å². The van der Waals surface area contributed by atoms with Crippen molar-refractivity contribution in [2.75, 3.05) is 13.7 Å². The lowest BCUT2D eigenvalue weighted by molar-refractivity contribution is 0.0905. The highest BCUT2D eigenvalue weighted by Gasteiger charge is 2.31. The minimum atomic E-state index is -0.384. The number of rotatable bonds is 4. The molecule has 0 saturated heterocycles. The molecule has 2 aromatic rings. The highest BCUT2D eigenvalue weighted by Crippen LogP contribution is 2.29. The molecule has 1 aromatic heterocycles. The molecule has 1 saturated carbocycles. The highest BCUT2D eigenvalue weighted by atomic mass is 16.5. The Morgan fingerprint density at radius 2 is 1.87 bits per heavy atom. The molecule has 0 spiro atoms. The molecule has 1 atom stereocenters. The van der Waals surface area contributed by atoms with E-state index >= 15 is 0 Å². The van der Waals surface area contributed by atoms with E-state index in [0.717, 1.165) is 29.9 Å². The van der Waals surface area contributed by atoms with Gasteiger partial charge in [-0.3, -0.25) is 4.79 Å². The fourth-order valence-corrected chi connectivity index (χ4v) is 4.67. The number of benzene rings is 1. The average molecular weight is 411 g/mol. The van der Waals surface area contributed by atoms with E-state index in [1.165, 1.54) is 26.4 Å². The van der Waals surface area contributed by atoms with E-state index in [0.29, 0.717) is 31.2 Å². The molecule has 160 valence electrons. The second-order valence-electron chi connectivity index (χ2n) is 8.30. The summed E-state index contributed by atoms with van der Waals surface area (Å²) in [6.45, 7) is 3.50. The summed E-state index contributed by atoms with van der Waals surface area (Å²) >= 11 is 0. The van der Waals surface area contributed by atoms with Crippen LogP contribution in [-0.4, -0.2) is 46.1 Å². The Morgan fingerprint density at radius 3 is 2.57 bits per heavy atom. The van der Waals surface area contributed by atoms with Crippen molar-refractivity contribution in [2.24, 2.45) is 5.92 Å². The molecule has 30 heavy (non-hydrogen) atoms. The molecule has 0 bridgehead atoms. The van der Waals surface area contributed by atoms with Crippen LogP contribution in [0, 0.1) is 5.92 Å². The third-order valence-corrected chi connectivity index (χ3v) is 6.40. The zero-order valence-electron chi connectivity index (χ0n) is 17.8. The summed E-state index contributed by atoms with van der Waals surface area (Å²) in [6, 6.07) is 9.98. The highest BCUT2D eigenvalue weighted by molar-refractivity contribution is 5.94. The summed E-state index contributed by atoms with van der Waals surface area (Å²) in [6.07, 6.45) is 5.69. The van der Waals surface area contributed by atoms with E-state index in [2.05, 4.69) is 16.8 Å². The first-order chi connectivity index (χ1) is 14.6. The number of amides is 2. The molecule has 7 nitrogen and oxygen atoms in total. The number of imidazole rings is 1. The SMILES string of the molecule is COC(=O)N1CCn2c(-c3ccccc3)nc(C(=O)NC(C)C3CCCCC3)c2C1. The van der Waals surface area contributed by atoms with Crippen molar-refractivity contribution in [3.8, 4) is 11.4 Å². The first-order valence-electron chi connectivity index (χ1n) is 10.9. The van der Waals surface area contributed by atoms with Gasteiger partial charge >= 0.3 is 6.09 Å². The van der Waals surface area contributed by atoms with Crippen LogP contribution < -0.4 is 5.32 Å². The Bertz CT molecular complexity index is 903. The normalized spacial score (nSPS) is 17.9. The number of fused-ring (bicyclic) bond motifs is 1. The average Bonchev–Trinajstić information content (AvgIpc) is 3.18. The van der Waals surface area contributed by atoms with Crippen molar-refractivity contribution in [3.05, 3.63) is 41.7 Å². The van der Waals surface area contributed by atoms with Gasteiger partial charge in [-0.05, 0) is 25.7 Å². The minimum absolute atomic E-state index is 0.107. The lowest BCUT2D eigenvalue weighted by Crippen LogP contribution is -2.41. The number of methoxy groups -OCH3 is 1. The topological polar surface area (TPSA) is 76.5 Å². The number of nitrogens with one attached hydrogen (secondary N) is 1. The first-order valence-corrected chi connectivity index (χ1v) is 10.9. The van der Waals surface area contributed by atoms with Crippen LogP contribution in [-0.2, 0) is 17.8 Å². The Hall–Kier alpha value is -2.83. The lowest BCUT2D eigenvalue weighted by Gasteiger charge is -2.29. The van der Waals surface area contributed by atoms with Crippen molar-refractivity contribution in [1.82, 2.24) is 19.8 Å². The van der Waals surface area contributed by atoms with Gasteiger partial charge in [-0.25, -0.2) is 9.78 Å². The summed E-state index contributed by atoms with van der Waals surface area (Å²) in [7, 11) is 1.38. The Morgan fingerprint density at radius 1 is 1.13 bits per heavy atom. The number of hydrogen-bond donors (Lipinski definition) is 1. The molecule has 1 unspecified atom stereocenters. The summed E-state index contributed by atoms with van der Waals surface area (Å²) < 4.78 is 6.96. The zero-order chi connectivity index (χ0) is 21.1. The van der Waals surface area contributed by atoms with E-state index in [-0.39, 0.29) is 18.0 Å². The van der Waals surface area contributed by atoms with Gasteiger partial charge in [0.2, 0.25) is 0 Å². The van der Waals surface area contributed by atoms with Crippen molar-refractivity contribution in [1.29, 1.82) is 0 Å². The zero-order valence-corrected chi connectivity index (χ0v) is 17.8. The van der Waals surface area contributed by atoms with E-state index in [1.54, 1.807) is 4.90 Å². The van der Waals surface area contributed by atoms with Crippen LogP contribution in [0.15, 0.2) is 30.3 Å². The second-order valence-corrected chi connectivity index (χ2v) is 8.30. The molecule has 2 amide bonds. The quantitative estimate of drug-likeness (QED) is 0.831. The maximum absolute atomic E-state index is 13.2. The van der Waals surface area contributed by atoms with Crippen LogP contribution >= 0.6 is 0 Å². The lowest BCUT2D eigenvalue weighted by atomic mass is 9.84. The predicted octanol–water partition coefficient (Wildman–Crippen LogP) is 3.83. The van der Waals surface area contributed by atoms with Crippen LogP contribution in [0.4, 0.5) is 4.79 Å². The van der Waals surface area contributed by atoms with Crippen molar-refractivity contribution in [3.63, 3.8) is 0 Å². The largest absolute Gasteiger partial charge is 0.453 e. The molecular weight excluding hydrogens is 380 g/mol. The molecule has 1 aromatic carbocycles. The first kappa shape index (κ1) is 20.4. The molecule has 0 radical (unpaired) electrons. The predicted molar refractivity (Wildman–Crippen MR) is 114 cm³/mol. The van der Waals surface area contributed by atoms with Crippen molar-refractivity contribution < 1.29 is 14.3 Å². The number of carbonyl (C=O) groups excluding carboxylic acids is 2. The summed E-state index contributed by atoms with van der Waals surface area (Å²) in [4.78, 5) is 31.7. The second kappa shape index (κ2) is 8.90. The van der Waals surface area contributed by atoms with Gasteiger partial charge in [0, 0.05) is 24.7 Å².